The topological polar surface area (TPSA) is 20.2 Å². The molecule has 0 saturated heterocycles. The number of aliphatic hydroxyl groups is 1. The Bertz CT molecular complexity index is 300. The number of hydrogen-bond donors (Lipinski definition) is 1. The third-order valence-electron chi connectivity index (χ3n) is 2.70. The van der Waals surface area contributed by atoms with Gasteiger partial charge in [0.1, 0.15) is 0 Å². The zero-order valence-corrected chi connectivity index (χ0v) is 10.3. The lowest BCUT2D eigenvalue weighted by Gasteiger charge is -2.39. The average Bonchev–Trinajstić information content (AvgIpc) is 2.15. The van der Waals surface area contributed by atoms with E-state index >= 15 is 0 Å². The number of rotatable bonds is 3. The van der Waals surface area contributed by atoms with Gasteiger partial charge in [0.25, 0.3) is 0 Å². The molecule has 0 aromatic heterocycles. The Kier molecular flexibility index (Phi) is 3.20. The lowest BCUT2D eigenvalue weighted by molar-refractivity contribution is 0.191. The summed E-state index contributed by atoms with van der Waals surface area (Å²) in [7, 11) is 0. The van der Waals surface area contributed by atoms with E-state index in [1.165, 1.54) is 11.3 Å². The van der Waals surface area contributed by atoms with Crippen molar-refractivity contribution in [3.63, 3.8) is 0 Å². The first-order valence-electron chi connectivity index (χ1n) is 4.80. The molecule has 14 heavy (non-hydrogen) atoms. The second-order valence-corrected chi connectivity index (χ2v) is 6.21. The molecule has 0 aliphatic heterocycles. The van der Waals surface area contributed by atoms with Crippen molar-refractivity contribution in [3.05, 3.63) is 28.7 Å². The Morgan fingerprint density at radius 3 is 2.36 bits per heavy atom. The van der Waals surface area contributed by atoms with E-state index in [2.05, 4.69) is 28.1 Å². The Morgan fingerprint density at radius 1 is 1.29 bits per heavy atom. The predicted molar refractivity (Wildman–Crippen MR) is 63.7 cm³/mol. The van der Waals surface area contributed by atoms with Crippen molar-refractivity contribution in [1.29, 1.82) is 0 Å². The van der Waals surface area contributed by atoms with Gasteiger partial charge in [-0.05, 0) is 37.1 Å². The summed E-state index contributed by atoms with van der Waals surface area (Å²) in [4.78, 5) is 1.25. The molecule has 0 bridgehead atoms. The minimum atomic E-state index is 0.119. The fraction of sp³-hybridized carbons (Fsp3) is 0.455. The Balaban J connectivity index is 2.06. The first-order chi connectivity index (χ1) is 6.74. The smallest absolute Gasteiger partial charge is 0.0581 e. The molecular weight excluding hydrogens is 260 g/mol. The van der Waals surface area contributed by atoms with Gasteiger partial charge in [0.2, 0.25) is 0 Å². The summed E-state index contributed by atoms with van der Waals surface area (Å²) >= 11 is 5.23. The SMILES string of the molecule is OCC1(Sc2ccc(Br)cc2)CCC1. The molecule has 1 aliphatic carbocycles. The molecule has 0 amide bonds. The molecule has 1 nitrogen and oxygen atoms in total. The second-order valence-electron chi connectivity index (χ2n) is 3.75. The molecule has 0 spiro atoms. The molecule has 3 heteroatoms. The van der Waals surface area contributed by atoms with Gasteiger partial charge in [-0.3, -0.25) is 0 Å². The summed E-state index contributed by atoms with van der Waals surface area (Å²) < 4.78 is 1.22. The van der Waals surface area contributed by atoms with Crippen LogP contribution < -0.4 is 0 Å². The maximum Gasteiger partial charge on any atom is 0.0581 e. The lowest BCUT2D eigenvalue weighted by Crippen LogP contribution is -2.37. The van der Waals surface area contributed by atoms with Gasteiger partial charge in [-0.25, -0.2) is 0 Å². The molecule has 1 saturated carbocycles. The fourth-order valence-electron chi connectivity index (χ4n) is 1.62. The van der Waals surface area contributed by atoms with Crippen molar-refractivity contribution in [1.82, 2.24) is 0 Å². The van der Waals surface area contributed by atoms with Crippen LogP contribution in [0, 0.1) is 0 Å². The van der Waals surface area contributed by atoms with E-state index in [4.69, 9.17) is 0 Å². The van der Waals surface area contributed by atoms with Gasteiger partial charge < -0.3 is 5.11 Å². The maximum absolute atomic E-state index is 9.32. The second kappa shape index (κ2) is 4.25. The van der Waals surface area contributed by atoms with Gasteiger partial charge in [0, 0.05) is 14.1 Å². The van der Waals surface area contributed by atoms with Crippen LogP contribution in [-0.4, -0.2) is 16.5 Å². The minimum absolute atomic E-state index is 0.119. The van der Waals surface area contributed by atoms with Gasteiger partial charge in [0.15, 0.2) is 0 Å². The van der Waals surface area contributed by atoms with Gasteiger partial charge in [0.05, 0.1) is 6.61 Å². The Labute approximate surface area is 97.0 Å². The Hall–Kier alpha value is 0.01000. The molecular formula is C11H13BrOS. The summed E-state index contributed by atoms with van der Waals surface area (Å²) in [5.41, 5.74) is 0. The highest BCUT2D eigenvalue weighted by atomic mass is 79.9. The fourth-order valence-corrected chi connectivity index (χ4v) is 3.21. The van der Waals surface area contributed by atoms with E-state index in [1.54, 1.807) is 0 Å². The Morgan fingerprint density at radius 2 is 1.93 bits per heavy atom. The van der Waals surface area contributed by atoms with Crippen molar-refractivity contribution in [3.8, 4) is 0 Å². The molecule has 1 aliphatic rings. The molecule has 1 aromatic rings. The highest BCUT2D eigenvalue weighted by molar-refractivity contribution is 9.10. The first kappa shape index (κ1) is 10.5. The predicted octanol–water partition coefficient (Wildman–Crippen LogP) is 3.46. The average molecular weight is 273 g/mol. The van der Waals surface area contributed by atoms with Crippen LogP contribution in [0.2, 0.25) is 0 Å². The molecule has 1 N–H and O–H groups in total. The van der Waals surface area contributed by atoms with Crippen molar-refractivity contribution in [2.24, 2.45) is 0 Å². The minimum Gasteiger partial charge on any atom is -0.395 e. The van der Waals surface area contributed by atoms with Crippen molar-refractivity contribution >= 4 is 27.7 Å². The standard InChI is InChI=1S/C11H13BrOS/c12-9-2-4-10(5-3-9)14-11(8-13)6-1-7-11/h2-5,13H,1,6-8H2. The third-order valence-corrected chi connectivity index (χ3v) is 4.71. The normalized spacial score (nSPS) is 19.0. The van der Waals surface area contributed by atoms with Crippen LogP contribution in [-0.2, 0) is 0 Å². The number of thioether (sulfide) groups is 1. The largest absolute Gasteiger partial charge is 0.395 e. The zero-order valence-electron chi connectivity index (χ0n) is 7.87. The molecule has 0 radical (unpaired) electrons. The van der Waals surface area contributed by atoms with Crippen LogP contribution in [0.5, 0.6) is 0 Å². The molecule has 0 heterocycles. The van der Waals surface area contributed by atoms with Crippen LogP contribution in [0.1, 0.15) is 19.3 Å². The maximum atomic E-state index is 9.32. The molecule has 1 fully saturated rings. The van der Waals surface area contributed by atoms with Gasteiger partial charge in [-0.15, -0.1) is 11.8 Å². The summed E-state index contributed by atoms with van der Waals surface area (Å²) in [6.07, 6.45) is 3.54. The van der Waals surface area contributed by atoms with E-state index in [0.717, 1.165) is 17.3 Å². The number of benzene rings is 1. The number of aliphatic hydroxyl groups excluding tert-OH is 1. The van der Waals surface area contributed by atoms with Gasteiger partial charge in [-0.2, -0.15) is 0 Å². The van der Waals surface area contributed by atoms with Crippen LogP contribution in [0.4, 0.5) is 0 Å². The molecule has 76 valence electrons. The number of halogens is 1. The highest BCUT2D eigenvalue weighted by Crippen LogP contribution is 2.47. The van der Waals surface area contributed by atoms with Crippen LogP contribution in [0.25, 0.3) is 0 Å². The van der Waals surface area contributed by atoms with Crippen LogP contribution >= 0.6 is 27.7 Å². The van der Waals surface area contributed by atoms with Crippen molar-refractivity contribution in [2.45, 2.75) is 28.9 Å². The van der Waals surface area contributed by atoms with Crippen molar-refractivity contribution < 1.29 is 5.11 Å². The van der Waals surface area contributed by atoms with Crippen molar-refractivity contribution in [2.75, 3.05) is 6.61 Å². The summed E-state index contributed by atoms with van der Waals surface area (Å²) in [6.45, 7) is 0.299. The monoisotopic (exact) mass is 272 g/mol. The summed E-state index contributed by atoms with van der Waals surface area (Å²) in [5, 5.41) is 9.32. The van der Waals surface area contributed by atoms with Crippen LogP contribution in [0.15, 0.2) is 33.6 Å². The summed E-state index contributed by atoms with van der Waals surface area (Å²) in [6, 6.07) is 8.30. The number of hydrogen-bond acceptors (Lipinski definition) is 2. The van der Waals surface area contributed by atoms with E-state index in [-0.39, 0.29) is 4.75 Å². The molecule has 2 rings (SSSR count). The van der Waals surface area contributed by atoms with E-state index in [0.29, 0.717) is 6.61 Å². The first-order valence-corrected chi connectivity index (χ1v) is 6.40. The van der Waals surface area contributed by atoms with E-state index < -0.39 is 0 Å². The lowest BCUT2D eigenvalue weighted by atomic mass is 9.85. The molecule has 1 aromatic carbocycles. The molecule has 0 atom stereocenters. The van der Waals surface area contributed by atoms with Gasteiger partial charge in [-0.1, -0.05) is 22.4 Å². The van der Waals surface area contributed by atoms with E-state index in [1.807, 2.05) is 23.9 Å². The van der Waals surface area contributed by atoms with E-state index in [9.17, 15) is 5.11 Å². The highest BCUT2D eigenvalue weighted by Gasteiger charge is 2.37. The van der Waals surface area contributed by atoms with Crippen LogP contribution in [0.3, 0.4) is 0 Å². The van der Waals surface area contributed by atoms with Gasteiger partial charge >= 0.3 is 0 Å². The quantitative estimate of drug-likeness (QED) is 0.910. The zero-order chi connectivity index (χ0) is 10.0. The summed E-state index contributed by atoms with van der Waals surface area (Å²) in [5.74, 6) is 0. The third kappa shape index (κ3) is 2.15. The molecule has 0 unspecified atom stereocenters.